The van der Waals surface area contributed by atoms with Gasteiger partial charge in [0.25, 0.3) is 5.88 Å². The predicted octanol–water partition coefficient (Wildman–Crippen LogP) is 9.25. The number of piperidine rings is 1. The molecule has 6 aliphatic rings. The lowest BCUT2D eigenvalue weighted by Crippen LogP contribution is -2.51. The number of likely N-dealkylation sites (tertiary alicyclic amines) is 2. The van der Waals surface area contributed by atoms with Crippen LogP contribution >= 0.6 is 11.3 Å². The van der Waals surface area contributed by atoms with Crippen molar-refractivity contribution in [1.82, 2.24) is 50.4 Å². The van der Waals surface area contributed by atoms with E-state index in [1.807, 2.05) is 75.7 Å². The van der Waals surface area contributed by atoms with E-state index in [1.165, 1.54) is 4.90 Å². The Hall–Kier alpha value is -7.53. The number of fused-ring (bicyclic) bond motifs is 5. The number of halogens is 1. The summed E-state index contributed by atoms with van der Waals surface area (Å²) in [4.78, 5) is 69.8. The molecule has 0 saturated carbocycles. The number of aromatic nitrogens is 5. The van der Waals surface area contributed by atoms with Crippen molar-refractivity contribution < 1.29 is 47.7 Å². The van der Waals surface area contributed by atoms with Gasteiger partial charge in [-0.2, -0.15) is 9.97 Å². The maximum atomic E-state index is 17.4. The number of nitrogens with one attached hydrogen (secondary N) is 2. The first-order chi connectivity index (χ1) is 42.1. The number of nitrogens with zero attached hydrogens (tertiary/aromatic N) is 9. The molecule has 4 N–H and O–H groups in total. The number of phenols is 1. The van der Waals surface area contributed by atoms with Gasteiger partial charge in [0.05, 0.1) is 39.2 Å². The van der Waals surface area contributed by atoms with E-state index < -0.39 is 23.9 Å². The molecule has 13 rings (SSSR count). The number of carbonyl (C=O) groups is 3. The summed E-state index contributed by atoms with van der Waals surface area (Å²) in [6.45, 7) is 13.3. The Labute approximate surface area is 508 Å². The fourth-order valence-electron chi connectivity index (χ4n) is 14.6. The van der Waals surface area contributed by atoms with E-state index >= 15 is 4.39 Å². The second-order valence-corrected chi connectivity index (χ2v) is 26.0. The average Bonchev–Trinajstić information content (AvgIpc) is 2.29. The number of aromatic hydroxyl groups is 1. The fraction of sp³-hybridized carbons (Fsp3) is 0.508. The summed E-state index contributed by atoms with van der Waals surface area (Å²) in [5.41, 5.74) is 6.15. The molecule has 22 heteroatoms. The molecule has 6 aliphatic heterocycles. The van der Waals surface area contributed by atoms with Crippen LogP contribution in [0.15, 0.2) is 76.9 Å². The van der Waals surface area contributed by atoms with E-state index in [4.69, 9.17) is 33.7 Å². The first kappa shape index (κ1) is 58.5. The number of hydrogen-bond donors (Lipinski definition) is 4. The van der Waals surface area contributed by atoms with Crippen molar-refractivity contribution in [2.75, 3.05) is 57.4 Å². The van der Waals surface area contributed by atoms with Gasteiger partial charge in [0.15, 0.2) is 11.6 Å². The Bertz CT molecular complexity index is 3700. The molecule has 10 heterocycles. The van der Waals surface area contributed by atoms with Crippen LogP contribution in [0, 0.1) is 18.7 Å². The molecular formula is C65H76FN11O9S. The number of benzene rings is 3. The number of thiazole rings is 1. The second kappa shape index (κ2) is 24.2. The largest absolute Gasteiger partial charge is 0.508 e. The van der Waals surface area contributed by atoms with Crippen molar-refractivity contribution in [2.24, 2.45) is 5.92 Å². The van der Waals surface area contributed by atoms with Crippen molar-refractivity contribution in [3.63, 3.8) is 0 Å². The molecule has 0 spiro atoms. The summed E-state index contributed by atoms with van der Waals surface area (Å²) in [6, 6.07) is 18.2. The maximum Gasteiger partial charge on any atom is 0.409 e. The number of ether oxygens (including phenoxy) is 3. The molecule has 6 saturated heterocycles. The highest BCUT2D eigenvalue weighted by Gasteiger charge is 2.51. The summed E-state index contributed by atoms with van der Waals surface area (Å²) < 4.78 is 42.2. The molecule has 7 aromatic rings. The third kappa shape index (κ3) is 11.5. The third-order valence-corrected chi connectivity index (χ3v) is 20.1. The lowest BCUT2D eigenvalue weighted by Gasteiger charge is -2.35. The number of aryl methyl sites for hydroxylation is 2. The molecule has 8 atom stereocenters. The Morgan fingerprint density at radius 2 is 1.75 bits per heavy atom. The number of aliphatic hydroxyl groups is 1. The number of pyridine rings is 1. The molecule has 3 aromatic carbocycles. The molecular weight excluding hydrogens is 1130 g/mol. The van der Waals surface area contributed by atoms with E-state index in [-0.39, 0.29) is 103 Å². The van der Waals surface area contributed by atoms with Gasteiger partial charge >= 0.3 is 12.1 Å². The van der Waals surface area contributed by atoms with Gasteiger partial charge < -0.3 is 54.3 Å². The lowest BCUT2D eigenvalue weighted by molar-refractivity contribution is -0.141. The highest BCUT2D eigenvalue weighted by molar-refractivity contribution is 7.13. The van der Waals surface area contributed by atoms with Gasteiger partial charge in [0.1, 0.15) is 54.1 Å². The number of amides is 3. The van der Waals surface area contributed by atoms with Gasteiger partial charge in [0.2, 0.25) is 11.8 Å². The molecule has 2 bridgehead atoms. The number of aliphatic hydroxyl groups excluding tert-OH is 1. The van der Waals surface area contributed by atoms with Crippen LogP contribution in [0.1, 0.15) is 120 Å². The highest BCUT2D eigenvalue weighted by Crippen LogP contribution is 2.44. The predicted molar refractivity (Wildman–Crippen MR) is 326 cm³/mol. The number of carbonyl (C=O) groups excluding carboxylic acids is 3. The van der Waals surface area contributed by atoms with Crippen molar-refractivity contribution in [1.29, 1.82) is 0 Å². The first-order valence-electron chi connectivity index (χ1n) is 31.0. The summed E-state index contributed by atoms with van der Waals surface area (Å²) in [5.74, 6) is -1.16. The van der Waals surface area contributed by atoms with Crippen molar-refractivity contribution in [3.05, 3.63) is 101 Å². The van der Waals surface area contributed by atoms with Gasteiger partial charge in [-0.05, 0) is 116 Å². The van der Waals surface area contributed by atoms with Crippen LogP contribution < -0.4 is 25.0 Å². The van der Waals surface area contributed by atoms with Crippen LogP contribution in [0.3, 0.4) is 0 Å². The maximum absolute atomic E-state index is 17.4. The van der Waals surface area contributed by atoms with Crippen LogP contribution in [0.2, 0.25) is 0 Å². The standard InChI is InChI=1S/C65H76FN11O9S/c1-6-39-9-7-10-42-25-46(78)26-49(55(39)42)57-56(66)58-50(29-67-57)60(75-30-43-15-16-44(31-75)70-43)72-63(71-58)84-34-65-20-8-22-77(65)45(17-21-65)33-83-64(82)74-23-18-48(19-24-74)85-53-28-52(86-73-53)54(36(2)3)62(81)76-32-47(79)27-51(76)61(80)69-37(4)40-11-13-41(14-12-40)59-38(5)68-35-87-59/h7,9-14,25-26,28-29,35-37,43-45,47-48,51,54,70,78-79H,6,8,15-24,27,30-34H2,1-5H3,(H,69,80)/t37-,43?,44?,45-,47+,51-,54+,65+/m0/s1. The van der Waals surface area contributed by atoms with E-state index in [0.29, 0.717) is 80.1 Å². The molecule has 4 aromatic heterocycles. The van der Waals surface area contributed by atoms with Gasteiger partial charge in [-0.25, -0.2) is 14.2 Å². The smallest absolute Gasteiger partial charge is 0.409 e. The topological polar surface area (TPSA) is 234 Å². The molecule has 0 radical (unpaired) electrons. The zero-order chi connectivity index (χ0) is 60.3. The van der Waals surface area contributed by atoms with E-state index in [9.17, 15) is 24.6 Å². The normalized spacial score (nSPS) is 23.9. The highest BCUT2D eigenvalue weighted by atomic mass is 32.1. The van der Waals surface area contributed by atoms with Crippen LogP contribution in [-0.2, 0) is 20.7 Å². The second-order valence-electron chi connectivity index (χ2n) is 25.1. The molecule has 6 fully saturated rings. The first-order valence-corrected chi connectivity index (χ1v) is 31.8. The third-order valence-electron chi connectivity index (χ3n) is 19.1. The number of β-amino-alcohol motifs (C(OH)–C–C–N with tert-alkyl or cyclic N) is 1. The molecule has 0 aliphatic carbocycles. The number of piperazine rings is 1. The lowest BCUT2D eigenvalue weighted by atomic mass is 9.91. The molecule has 458 valence electrons. The summed E-state index contributed by atoms with van der Waals surface area (Å²) in [6.07, 6.45) is 7.61. The Balaban J connectivity index is 0.619. The monoisotopic (exact) mass is 1210 g/mol. The van der Waals surface area contributed by atoms with Gasteiger partial charge in [-0.3, -0.25) is 19.5 Å². The minimum absolute atomic E-state index is 0.0129. The van der Waals surface area contributed by atoms with Crippen LogP contribution in [0.4, 0.5) is 15.0 Å². The van der Waals surface area contributed by atoms with E-state index in [0.717, 1.165) is 83.1 Å². The number of hydrogen-bond acceptors (Lipinski definition) is 18. The Morgan fingerprint density at radius 3 is 2.49 bits per heavy atom. The summed E-state index contributed by atoms with van der Waals surface area (Å²) >= 11 is 1.58. The molecule has 20 nitrogen and oxygen atoms in total. The SMILES string of the molecule is CCc1cccc2cc(O)cc(-c3ncc4c(N5CC6CCC(C5)N6)nc(OC[C@]56CCCN5[C@H](COC(=O)N5CCC(Oc7cc([C@H](C(=O)N8C[C@H](O)C[C@H]8C(=O)N[C@@H](C)c8ccc(-c9scnc9C)cc8)C(C)C)on7)CC5)CC6)nc4c3F)c12. The van der Waals surface area contributed by atoms with Gasteiger partial charge in [-0.1, -0.05) is 63.2 Å². The minimum atomic E-state index is -0.875. The van der Waals surface area contributed by atoms with Crippen LogP contribution in [-0.4, -0.2) is 162 Å². The number of rotatable bonds is 17. The zero-order valence-corrected chi connectivity index (χ0v) is 50.7. The zero-order valence-electron chi connectivity index (χ0n) is 49.9. The Morgan fingerprint density at radius 1 is 0.954 bits per heavy atom. The quantitative estimate of drug-likeness (QED) is 0.0665. The van der Waals surface area contributed by atoms with E-state index in [1.54, 1.807) is 40.6 Å². The van der Waals surface area contributed by atoms with Gasteiger partial charge in [0, 0.05) is 87.9 Å². The van der Waals surface area contributed by atoms with Gasteiger partial charge in [-0.15, -0.1) is 11.3 Å². The number of anilines is 1. The molecule has 3 amide bonds. The van der Waals surface area contributed by atoms with Crippen LogP contribution in [0.25, 0.3) is 43.4 Å². The molecule has 2 unspecified atom stereocenters. The molecule has 87 heavy (non-hydrogen) atoms. The van der Waals surface area contributed by atoms with Crippen molar-refractivity contribution in [3.8, 4) is 39.3 Å². The minimum Gasteiger partial charge on any atom is -0.508 e. The van der Waals surface area contributed by atoms with E-state index in [2.05, 4.69) is 37.5 Å². The summed E-state index contributed by atoms with van der Waals surface area (Å²) in [5, 5.41) is 34.8. The Kier molecular flexibility index (Phi) is 16.3. The van der Waals surface area contributed by atoms with Crippen molar-refractivity contribution >= 4 is 56.7 Å². The van der Waals surface area contributed by atoms with Crippen LogP contribution in [0.5, 0.6) is 17.6 Å². The van der Waals surface area contributed by atoms with Crippen molar-refractivity contribution in [2.45, 2.75) is 153 Å². The average molecular weight is 1210 g/mol. The fourth-order valence-corrected chi connectivity index (χ4v) is 15.4. The number of phenolic OH excluding ortho intramolecular Hbond substituents is 1. The summed E-state index contributed by atoms with van der Waals surface area (Å²) in [7, 11) is 0.